The molecule has 1 atom stereocenters. The highest BCUT2D eigenvalue weighted by Gasteiger charge is 2.49. The predicted octanol–water partition coefficient (Wildman–Crippen LogP) is 2.52. The summed E-state index contributed by atoms with van der Waals surface area (Å²) in [7, 11) is 0. The summed E-state index contributed by atoms with van der Waals surface area (Å²) in [6.07, 6.45) is -1.11. The highest BCUT2D eigenvalue weighted by Crippen LogP contribution is 2.45. The Morgan fingerprint density at radius 2 is 2.00 bits per heavy atom. The summed E-state index contributed by atoms with van der Waals surface area (Å²) < 4.78 is 45.2. The predicted molar refractivity (Wildman–Crippen MR) is 105 cm³/mol. The fourth-order valence-electron chi connectivity index (χ4n) is 5.33. The smallest absolute Gasteiger partial charge is 0.416 e. The lowest BCUT2D eigenvalue weighted by atomic mass is 9.68. The molecule has 2 heterocycles. The Bertz CT molecular complexity index is 861. The van der Waals surface area contributed by atoms with Crippen LogP contribution in [0.5, 0.6) is 5.75 Å². The zero-order valence-corrected chi connectivity index (χ0v) is 17.4. The van der Waals surface area contributed by atoms with Gasteiger partial charge in [-0.1, -0.05) is 0 Å². The third-order valence-electron chi connectivity index (χ3n) is 7.23. The normalized spacial score (nSPS) is 30.9. The number of ether oxygens (including phenoxy) is 1. The van der Waals surface area contributed by atoms with Gasteiger partial charge in [0.25, 0.3) is 0 Å². The Morgan fingerprint density at radius 1 is 1.32 bits per heavy atom. The molecule has 0 aromatic heterocycles. The molecule has 0 bridgehead atoms. The molecule has 6 nitrogen and oxygen atoms in total. The van der Waals surface area contributed by atoms with E-state index in [1.807, 2.05) is 11.8 Å². The molecule has 2 N–H and O–H groups in total. The maximum atomic E-state index is 13.0. The Balaban J connectivity index is 1.34. The molecule has 1 aliphatic carbocycles. The number of piperidine rings is 1. The van der Waals surface area contributed by atoms with Gasteiger partial charge in [-0.2, -0.15) is 13.2 Å². The Hall–Kier alpha value is -2.29. The van der Waals surface area contributed by atoms with Crippen LogP contribution in [-0.2, 0) is 22.2 Å². The molecule has 1 aromatic carbocycles. The van der Waals surface area contributed by atoms with E-state index in [1.54, 1.807) is 0 Å². The van der Waals surface area contributed by atoms with Crippen molar-refractivity contribution in [1.82, 2.24) is 10.2 Å². The lowest BCUT2D eigenvalue weighted by Crippen LogP contribution is -2.61. The molecule has 9 heteroatoms. The van der Waals surface area contributed by atoms with Gasteiger partial charge in [-0.15, -0.1) is 0 Å². The fourth-order valence-corrected chi connectivity index (χ4v) is 5.33. The maximum Gasteiger partial charge on any atom is 0.416 e. The van der Waals surface area contributed by atoms with Crippen LogP contribution in [0.4, 0.5) is 13.2 Å². The van der Waals surface area contributed by atoms with Crippen LogP contribution < -0.4 is 10.1 Å². The number of halogens is 3. The first-order chi connectivity index (χ1) is 14.6. The summed E-state index contributed by atoms with van der Waals surface area (Å²) in [5.41, 5.74) is -1.36. The van der Waals surface area contributed by atoms with Crippen LogP contribution in [0.15, 0.2) is 18.2 Å². The van der Waals surface area contributed by atoms with Gasteiger partial charge in [0.15, 0.2) is 0 Å². The van der Waals surface area contributed by atoms with Crippen molar-refractivity contribution in [2.24, 2.45) is 11.8 Å². The first-order valence-corrected chi connectivity index (χ1v) is 10.6. The zero-order chi connectivity index (χ0) is 22.4. The topological polar surface area (TPSA) is 78.9 Å². The minimum atomic E-state index is -4.38. The summed E-state index contributed by atoms with van der Waals surface area (Å²) >= 11 is 0. The average molecular weight is 440 g/mol. The molecule has 1 saturated carbocycles. The molecular weight excluding hydrogens is 413 g/mol. The number of aliphatic hydroxyl groups is 1. The van der Waals surface area contributed by atoms with Crippen LogP contribution in [0.2, 0.25) is 0 Å². The van der Waals surface area contributed by atoms with E-state index < -0.39 is 22.9 Å². The molecule has 1 saturated heterocycles. The van der Waals surface area contributed by atoms with Crippen LogP contribution in [0.25, 0.3) is 0 Å². The lowest BCUT2D eigenvalue weighted by molar-refractivity contribution is -0.145. The van der Waals surface area contributed by atoms with Gasteiger partial charge in [0, 0.05) is 31.3 Å². The Kier molecular flexibility index (Phi) is 5.44. The van der Waals surface area contributed by atoms with E-state index in [0.717, 1.165) is 6.07 Å². The fraction of sp³-hybridized carbons (Fsp3) is 0.636. The second-order valence-corrected chi connectivity index (χ2v) is 9.32. The molecule has 1 aromatic rings. The number of carbonyl (C=O) groups excluding carboxylic acids is 2. The number of nitrogens with one attached hydrogen (secondary N) is 1. The first-order valence-electron chi connectivity index (χ1n) is 10.6. The standard InChI is InChI=1S/C22H27F3N2O4/c1-20(9-14-8-17(22(23,24)25)2-3-18(14)31-20)16-4-6-27(7-5-16)19(30)15-10-21(11-15,12-28)26-13-29/h2-3,8,13,15-16,28H,4-7,9-12H2,1H3,(H,26,29). The largest absolute Gasteiger partial charge is 0.487 e. The molecule has 170 valence electrons. The van der Waals surface area contributed by atoms with Gasteiger partial charge in [0.1, 0.15) is 11.4 Å². The SMILES string of the molecule is CC1(C2CCN(C(=O)C3CC(CO)(NC=O)C3)CC2)Cc2cc(C(F)(F)F)ccc2O1. The summed E-state index contributed by atoms with van der Waals surface area (Å²) in [6.45, 7) is 2.88. The highest BCUT2D eigenvalue weighted by atomic mass is 19.4. The van der Waals surface area contributed by atoms with Gasteiger partial charge in [-0.3, -0.25) is 9.59 Å². The van der Waals surface area contributed by atoms with Crippen LogP contribution >= 0.6 is 0 Å². The van der Waals surface area contributed by atoms with Crippen molar-refractivity contribution in [2.45, 2.75) is 56.3 Å². The van der Waals surface area contributed by atoms with Gasteiger partial charge in [-0.25, -0.2) is 0 Å². The summed E-state index contributed by atoms with van der Waals surface area (Å²) in [5, 5.41) is 12.1. The minimum absolute atomic E-state index is 0.0332. The Morgan fingerprint density at radius 3 is 2.58 bits per heavy atom. The molecule has 1 unspecified atom stereocenters. The number of rotatable bonds is 5. The van der Waals surface area contributed by atoms with E-state index in [2.05, 4.69) is 5.32 Å². The van der Waals surface area contributed by atoms with Crippen LogP contribution in [-0.4, -0.2) is 53.2 Å². The summed E-state index contributed by atoms with van der Waals surface area (Å²) in [5.74, 6) is 0.463. The van der Waals surface area contributed by atoms with Gasteiger partial charge < -0.3 is 20.1 Å². The van der Waals surface area contributed by atoms with Crippen LogP contribution in [0.3, 0.4) is 0 Å². The molecule has 2 aliphatic heterocycles. The third-order valence-corrected chi connectivity index (χ3v) is 7.23. The monoisotopic (exact) mass is 440 g/mol. The van der Waals surface area contributed by atoms with E-state index in [4.69, 9.17) is 4.74 Å². The Labute approximate surface area is 178 Å². The molecule has 0 radical (unpaired) electrons. The van der Waals surface area contributed by atoms with Gasteiger partial charge in [0.2, 0.25) is 12.3 Å². The highest BCUT2D eigenvalue weighted by molar-refractivity contribution is 5.80. The van der Waals surface area contributed by atoms with Crippen LogP contribution in [0.1, 0.15) is 43.7 Å². The zero-order valence-electron chi connectivity index (χ0n) is 17.4. The van der Waals surface area contributed by atoms with Crippen molar-refractivity contribution in [1.29, 1.82) is 0 Å². The van der Waals surface area contributed by atoms with E-state index in [9.17, 15) is 27.9 Å². The maximum absolute atomic E-state index is 13.0. The quantitative estimate of drug-likeness (QED) is 0.690. The van der Waals surface area contributed by atoms with Crippen molar-refractivity contribution >= 4 is 12.3 Å². The van der Waals surface area contributed by atoms with Gasteiger partial charge in [-0.05, 0) is 56.4 Å². The van der Waals surface area contributed by atoms with E-state index in [0.29, 0.717) is 62.9 Å². The first kappa shape index (κ1) is 21.9. The molecular formula is C22H27F3N2O4. The molecule has 2 fully saturated rings. The number of nitrogens with zero attached hydrogens (tertiary/aromatic N) is 1. The molecule has 0 spiro atoms. The molecule has 2 amide bonds. The van der Waals surface area contributed by atoms with Crippen LogP contribution in [0, 0.1) is 11.8 Å². The number of hydrogen-bond donors (Lipinski definition) is 2. The minimum Gasteiger partial charge on any atom is -0.487 e. The number of hydrogen-bond acceptors (Lipinski definition) is 4. The molecule has 3 aliphatic rings. The number of fused-ring (bicyclic) bond motifs is 1. The van der Waals surface area contributed by atoms with Crippen molar-refractivity contribution in [2.75, 3.05) is 19.7 Å². The molecule has 31 heavy (non-hydrogen) atoms. The number of alkyl halides is 3. The van der Waals surface area contributed by atoms with Crippen molar-refractivity contribution in [3.8, 4) is 5.75 Å². The number of likely N-dealkylation sites (tertiary alicyclic amines) is 1. The van der Waals surface area contributed by atoms with Crippen molar-refractivity contribution in [3.63, 3.8) is 0 Å². The van der Waals surface area contributed by atoms with E-state index in [1.165, 1.54) is 12.1 Å². The van der Waals surface area contributed by atoms with E-state index in [-0.39, 0.29) is 24.3 Å². The third kappa shape index (κ3) is 4.00. The number of benzene rings is 1. The number of carbonyl (C=O) groups is 2. The van der Waals surface area contributed by atoms with E-state index >= 15 is 0 Å². The van der Waals surface area contributed by atoms with Gasteiger partial charge in [0.05, 0.1) is 17.7 Å². The average Bonchev–Trinajstić information content (AvgIpc) is 3.06. The number of aliphatic hydroxyl groups excluding tert-OH is 1. The number of amides is 2. The van der Waals surface area contributed by atoms with Gasteiger partial charge >= 0.3 is 6.18 Å². The second kappa shape index (κ2) is 7.69. The second-order valence-electron chi connectivity index (χ2n) is 9.32. The lowest BCUT2D eigenvalue weighted by Gasteiger charge is -2.48. The van der Waals surface area contributed by atoms with Crippen molar-refractivity contribution < 1.29 is 32.6 Å². The van der Waals surface area contributed by atoms with Crippen molar-refractivity contribution in [3.05, 3.63) is 29.3 Å². The summed E-state index contributed by atoms with van der Waals surface area (Å²) in [4.78, 5) is 25.3. The molecule has 4 rings (SSSR count). The summed E-state index contributed by atoms with van der Waals surface area (Å²) in [6, 6.07) is 3.63.